The van der Waals surface area contributed by atoms with E-state index in [1.54, 1.807) is 30.5 Å². The van der Waals surface area contributed by atoms with Gasteiger partial charge in [0, 0.05) is 11.8 Å². The van der Waals surface area contributed by atoms with Crippen molar-refractivity contribution in [1.82, 2.24) is 4.98 Å². The summed E-state index contributed by atoms with van der Waals surface area (Å²) in [7, 11) is 0. The van der Waals surface area contributed by atoms with Crippen molar-refractivity contribution in [2.24, 2.45) is 4.99 Å². The largest absolute Gasteiger partial charge is 0.507 e. The first-order valence-corrected chi connectivity index (χ1v) is 9.10. The minimum absolute atomic E-state index is 0.0691. The van der Waals surface area contributed by atoms with Crippen LogP contribution < -0.4 is 0 Å². The molecule has 5 nitrogen and oxygen atoms in total. The number of hydrogen-bond donors (Lipinski definition) is 2. The van der Waals surface area contributed by atoms with Gasteiger partial charge in [-0.15, -0.1) is 0 Å². The van der Waals surface area contributed by atoms with Gasteiger partial charge in [-0.2, -0.15) is 0 Å². The van der Waals surface area contributed by atoms with E-state index < -0.39 is 0 Å². The number of benzene rings is 3. The lowest BCUT2D eigenvalue weighted by Crippen LogP contribution is -1.84. The second-order valence-electron chi connectivity index (χ2n) is 6.70. The van der Waals surface area contributed by atoms with Gasteiger partial charge >= 0.3 is 0 Å². The first-order chi connectivity index (χ1) is 13.5. The standard InChI is InChI=1S/C23H20N2O3/c1-3-15-5-9-22-19(11-15)25-23(28-22)18-12-17(6-8-21(18)27)24-13-16-10-14(2)4-7-20(16)26/h4-13,26-27H,3H2,1-2H3. The van der Waals surface area contributed by atoms with Crippen LogP contribution >= 0.6 is 0 Å². The highest BCUT2D eigenvalue weighted by molar-refractivity contribution is 5.86. The van der Waals surface area contributed by atoms with E-state index in [0.717, 1.165) is 17.5 Å². The van der Waals surface area contributed by atoms with E-state index in [2.05, 4.69) is 16.9 Å². The molecule has 1 aromatic heterocycles. The Morgan fingerprint density at radius 3 is 2.64 bits per heavy atom. The van der Waals surface area contributed by atoms with Crippen LogP contribution in [0.3, 0.4) is 0 Å². The van der Waals surface area contributed by atoms with Crippen LogP contribution in [0.5, 0.6) is 11.5 Å². The molecule has 0 spiro atoms. The van der Waals surface area contributed by atoms with Crippen molar-refractivity contribution in [2.75, 3.05) is 0 Å². The molecule has 28 heavy (non-hydrogen) atoms. The Kier molecular flexibility index (Phi) is 4.57. The Hall–Kier alpha value is -3.60. The Labute approximate surface area is 162 Å². The number of aromatic hydroxyl groups is 2. The van der Waals surface area contributed by atoms with Crippen molar-refractivity contribution in [1.29, 1.82) is 0 Å². The maximum atomic E-state index is 10.3. The molecule has 0 saturated carbocycles. The van der Waals surface area contributed by atoms with Crippen LogP contribution in [-0.2, 0) is 6.42 Å². The second kappa shape index (κ2) is 7.19. The van der Waals surface area contributed by atoms with Gasteiger partial charge in [0.05, 0.1) is 11.3 Å². The van der Waals surface area contributed by atoms with Gasteiger partial charge in [-0.05, 0) is 61.4 Å². The second-order valence-corrected chi connectivity index (χ2v) is 6.70. The summed E-state index contributed by atoms with van der Waals surface area (Å²) in [5.41, 5.74) is 5.35. The molecule has 0 saturated heterocycles. The van der Waals surface area contributed by atoms with Gasteiger partial charge in [0.25, 0.3) is 0 Å². The molecule has 0 aliphatic heterocycles. The molecule has 4 aromatic rings. The molecule has 3 aromatic carbocycles. The van der Waals surface area contributed by atoms with Crippen LogP contribution in [0.25, 0.3) is 22.6 Å². The summed E-state index contributed by atoms with van der Waals surface area (Å²) in [6, 6.07) is 16.2. The normalized spacial score (nSPS) is 11.5. The van der Waals surface area contributed by atoms with E-state index in [9.17, 15) is 10.2 Å². The van der Waals surface area contributed by atoms with Crippen molar-refractivity contribution in [3.05, 3.63) is 71.3 Å². The van der Waals surface area contributed by atoms with Crippen molar-refractivity contribution >= 4 is 23.0 Å². The van der Waals surface area contributed by atoms with Gasteiger partial charge in [0.15, 0.2) is 5.58 Å². The average Bonchev–Trinajstić information content (AvgIpc) is 3.12. The highest BCUT2D eigenvalue weighted by atomic mass is 16.3. The van der Waals surface area contributed by atoms with Crippen LogP contribution in [0, 0.1) is 6.92 Å². The van der Waals surface area contributed by atoms with Crippen LogP contribution in [0.2, 0.25) is 0 Å². The smallest absolute Gasteiger partial charge is 0.231 e. The average molecular weight is 372 g/mol. The third-order valence-electron chi connectivity index (χ3n) is 4.61. The van der Waals surface area contributed by atoms with Crippen molar-refractivity contribution < 1.29 is 14.6 Å². The monoisotopic (exact) mass is 372 g/mol. The number of nitrogens with zero attached hydrogens (tertiary/aromatic N) is 2. The first kappa shape index (κ1) is 17.8. The van der Waals surface area contributed by atoms with Crippen molar-refractivity contribution in [3.63, 3.8) is 0 Å². The molecule has 0 aliphatic rings. The summed E-state index contributed by atoms with van der Waals surface area (Å²) in [4.78, 5) is 8.94. The van der Waals surface area contributed by atoms with Gasteiger partial charge < -0.3 is 14.6 Å². The lowest BCUT2D eigenvalue weighted by Gasteiger charge is -2.03. The number of phenolic OH excluding ortho intramolecular Hbond substituents is 2. The molecule has 5 heteroatoms. The predicted molar refractivity (Wildman–Crippen MR) is 111 cm³/mol. The summed E-state index contributed by atoms with van der Waals surface area (Å²) in [5, 5.41) is 20.2. The fourth-order valence-electron chi connectivity index (χ4n) is 3.01. The number of phenols is 2. The number of rotatable bonds is 4. The molecule has 0 unspecified atom stereocenters. The summed E-state index contributed by atoms with van der Waals surface area (Å²) in [5.74, 6) is 0.579. The Morgan fingerprint density at radius 2 is 1.82 bits per heavy atom. The minimum atomic E-state index is 0.0691. The molecule has 0 atom stereocenters. The summed E-state index contributed by atoms with van der Waals surface area (Å²) in [6.45, 7) is 4.04. The van der Waals surface area contributed by atoms with E-state index >= 15 is 0 Å². The number of aliphatic imine (C=N–C) groups is 1. The van der Waals surface area contributed by atoms with Crippen LogP contribution in [0.4, 0.5) is 5.69 Å². The molecule has 0 radical (unpaired) electrons. The maximum Gasteiger partial charge on any atom is 0.231 e. The van der Waals surface area contributed by atoms with Gasteiger partial charge in [-0.1, -0.05) is 24.6 Å². The fourth-order valence-corrected chi connectivity index (χ4v) is 3.01. The van der Waals surface area contributed by atoms with Crippen molar-refractivity contribution in [2.45, 2.75) is 20.3 Å². The molecule has 0 bridgehead atoms. The fraction of sp³-hybridized carbons (Fsp3) is 0.130. The molecule has 1 heterocycles. The zero-order chi connectivity index (χ0) is 19.7. The number of hydrogen-bond acceptors (Lipinski definition) is 5. The van der Waals surface area contributed by atoms with Crippen LogP contribution in [-0.4, -0.2) is 21.4 Å². The molecule has 4 rings (SSSR count). The Balaban J connectivity index is 1.71. The third-order valence-corrected chi connectivity index (χ3v) is 4.61. The molecule has 2 N–H and O–H groups in total. The number of aromatic nitrogens is 1. The van der Waals surface area contributed by atoms with Gasteiger partial charge in [-0.3, -0.25) is 4.99 Å². The zero-order valence-corrected chi connectivity index (χ0v) is 15.7. The van der Waals surface area contributed by atoms with E-state index in [-0.39, 0.29) is 11.5 Å². The molecule has 0 aliphatic carbocycles. The molecule has 0 fully saturated rings. The van der Waals surface area contributed by atoms with Gasteiger partial charge in [0.1, 0.15) is 17.0 Å². The highest BCUT2D eigenvalue weighted by Crippen LogP contribution is 2.34. The van der Waals surface area contributed by atoms with Gasteiger partial charge in [-0.25, -0.2) is 4.98 Å². The molecule has 0 amide bonds. The first-order valence-electron chi connectivity index (χ1n) is 9.10. The zero-order valence-electron chi connectivity index (χ0n) is 15.7. The molecular weight excluding hydrogens is 352 g/mol. The summed E-state index contributed by atoms with van der Waals surface area (Å²) >= 11 is 0. The van der Waals surface area contributed by atoms with Crippen molar-refractivity contribution in [3.8, 4) is 23.0 Å². The maximum absolute atomic E-state index is 10.3. The number of fused-ring (bicyclic) bond motifs is 1. The number of oxazole rings is 1. The topological polar surface area (TPSA) is 78.9 Å². The lowest BCUT2D eigenvalue weighted by molar-refractivity contribution is 0.473. The van der Waals surface area contributed by atoms with E-state index in [0.29, 0.717) is 28.3 Å². The van der Waals surface area contributed by atoms with E-state index in [1.807, 2.05) is 37.3 Å². The number of aryl methyl sites for hydroxylation is 2. The Morgan fingerprint density at radius 1 is 1.00 bits per heavy atom. The quantitative estimate of drug-likeness (QED) is 0.462. The molecular formula is C23H20N2O3. The van der Waals surface area contributed by atoms with Gasteiger partial charge in [0.2, 0.25) is 5.89 Å². The highest BCUT2D eigenvalue weighted by Gasteiger charge is 2.13. The SMILES string of the molecule is CCc1ccc2oc(-c3cc(N=Cc4cc(C)ccc4O)ccc3O)nc2c1. The summed E-state index contributed by atoms with van der Waals surface area (Å²) in [6.07, 6.45) is 2.51. The minimum Gasteiger partial charge on any atom is -0.507 e. The van der Waals surface area contributed by atoms with E-state index in [1.165, 1.54) is 5.56 Å². The van der Waals surface area contributed by atoms with Crippen LogP contribution in [0.15, 0.2) is 64.0 Å². The third kappa shape index (κ3) is 3.47. The predicted octanol–water partition coefficient (Wildman–Crippen LogP) is 5.53. The van der Waals surface area contributed by atoms with E-state index in [4.69, 9.17) is 4.42 Å². The molecule has 140 valence electrons. The van der Waals surface area contributed by atoms with Crippen LogP contribution in [0.1, 0.15) is 23.6 Å². The summed E-state index contributed by atoms with van der Waals surface area (Å²) < 4.78 is 5.82. The lowest BCUT2D eigenvalue weighted by atomic mass is 10.1. The Bertz CT molecular complexity index is 1190.